The van der Waals surface area contributed by atoms with Gasteiger partial charge in [0.2, 0.25) is 0 Å². The van der Waals surface area contributed by atoms with Crippen molar-refractivity contribution in [2.45, 2.75) is 246 Å². The molecule has 2 rings (SSSR count). The molecule has 0 atom stereocenters. The second-order valence-corrected chi connectivity index (χ2v) is 16.4. The summed E-state index contributed by atoms with van der Waals surface area (Å²) < 4.78 is 0. The summed E-state index contributed by atoms with van der Waals surface area (Å²) in [5, 5.41) is 22.8. The molecule has 2 heteroatoms. The maximum atomic E-state index is 11.6. The first-order chi connectivity index (χ1) is 25.5. The van der Waals surface area contributed by atoms with Crippen LogP contribution in [0.25, 0.3) is 11.1 Å². The lowest BCUT2D eigenvalue weighted by molar-refractivity contribution is 0.456. The van der Waals surface area contributed by atoms with Gasteiger partial charge in [-0.1, -0.05) is 201 Å². The van der Waals surface area contributed by atoms with Crippen LogP contribution in [0, 0.1) is 0 Å². The molecule has 2 nitrogen and oxygen atoms in total. The summed E-state index contributed by atoms with van der Waals surface area (Å²) >= 11 is 0. The molecule has 0 radical (unpaired) electrons. The number of aromatic hydroxyl groups is 2. The first-order valence-electron chi connectivity index (χ1n) is 23.2. The standard InChI is InChI=1S/C50H86O2/c1-5-9-12-15-18-21-24-27-30-33-36-44-40-47(39-43(8-4)49(44)51)48-41-45(37-34-31-28-25-22-19-16-13-10-6-2)50(52)46(42-48)38-35-32-29-26-23-20-17-14-11-7-3/h39-42,51-52H,5-38H2,1-4H3. The van der Waals surface area contributed by atoms with Crippen LogP contribution < -0.4 is 0 Å². The maximum Gasteiger partial charge on any atom is 0.121 e. The molecule has 0 saturated carbocycles. The molecule has 2 aromatic rings. The molecule has 52 heavy (non-hydrogen) atoms. The van der Waals surface area contributed by atoms with Gasteiger partial charge < -0.3 is 10.2 Å². The van der Waals surface area contributed by atoms with Crippen molar-refractivity contribution in [3.63, 3.8) is 0 Å². The Labute approximate surface area is 324 Å². The number of unbranched alkanes of at least 4 members (excludes halogenated alkanes) is 27. The maximum absolute atomic E-state index is 11.6. The summed E-state index contributed by atoms with van der Waals surface area (Å²) in [6.45, 7) is 9.03. The third kappa shape index (κ3) is 20.5. The van der Waals surface area contributed by atoms with E-state index in [9.17, 15) is 10.2 Å². The van der Waals surface area contributed by atoms with E-state index in [4.69, 9.17) is 0 Å². The second-order valence-electron chi connectivity index (χ2n) is 16.4. The highest BCUT2D eigenvalue weighted by Crippen LogP contribution is 2.36. The summed E-state index contributed by atoms with van der Waals surface area (Å²) in [4.78, 5) is 0. The molecule has 2 N–H and O–H groups in total. The van der Waals surface area contributed by atoms with E-state index in [-0.39, 0.29) is 0 Å². The molecule has 0 spiro atoms. The Balaban J connectivity index is 2.05. The van der Waals surface area contributed by atoms with E-state index >= 15 is 0 Å². The molecule has 0 heterocycles. The van der Waals surface area contributed by atoms with Crippen molar-refractivity contribution >= 4 is 0 Å². The Morgan fingerprint density at radius 3 is 0.750 bits per heavy atom. The molecule has 0 aliphatic rings. The summed E-state index contributed by atoms with van der Waals surface area (Å²) in [6.07, 6.45) is 43.5. The van der Waals surface area contributed by atoms with Crippen LogP contribution in [0.3, 0.4) is 0 Å². The predicted octanol–water partition coefficient (Wildman–Crippen LogP) is 16.7. The highest BCUT2D eigenvalue weighted by atomic mass is 16.3. The Bertz CT molecular complexity index is 1090. The van der Waals surface area contributed by atoms with Crippen LogP contribution in [-0.4, -0.2) is 10.2 Å². The third-order valence-electron chi connectivity index (χ3n) is 11.6. The first kappa shape index (κ1) is 46.2. The minimum absolute atomic E-state index is 0.511. The van der Waals surface area contributed by atoms with Gasteiger partial charge in [-0.25, -0.2) is 0 Å². The van der Waals surface area contributed by atoms with E-state index in [0.717, 1.165) is 67.2 Å². The van der Waals surface area contributed by atoms with Gasteiger partial charge in [0.05, 0.1) is 0 Å². The number of phenolic OH excluding ortho intramolecular Hbond substituents is 2. The molecule has 0 aliphatic heterocycles. The van der Waals surface area contributed by atoms with Crippen molar-refractivity contribution in [1.82, 2.24) is 0 Å². The van der Waals surface area contributed by atoms with Crippen molar-refractivity contribution in [2.24, 2.45) is 0 Å². The van der Waals surface area contributed by atoms with Crippen LogP contribution in [0.1, 0.15) is 243 Å². The molecule has 298 valence electrons. The SMILES string of the molecule is CCCCCCCCCCCCc1cc(-c2cc(CCCCCCCCCCCC)c(O)c(CCCCCCCCCCCC)c2)cc(CC)c1O. The van der Waals surface area contributed by atoms with Crippen LogP contribution in [0.2, 0.25) is 0 Å². The van der Waals surface area contributed by atoms with Crippen LogP contribution in [0.5, 0.6) is 11.5 Å². The van der Waals surface area contributed by atoms with E-state index < -0.39 is 0 Å². The van der Waals surface area contributed by atoms with Gasteiger partial charge in [-0.05, 0) is 103 Å². The highest BCUT2D eigenvalue weighted by molar-refractivity contribution is 5.70. The Morgan fingerprint density at radius 2 is 0.500 bits per heavy atom. The number of benzene rings is 2. The predicted molar refractivity (Wildman–Crippen MR) is 231 cm³/mol. The van der Waals surface area contributed by atoms with E-state index in [1.165, 1.54) is 184 Å². The Kier molecular flexibility index (Phi) is 27.9. The lowest BCUT2D eigenvalue weighted by Crippen LogP contribution is -1.97. The number of aryl methyl sites for hydroxylation is 4. The van der Waals surface area contributed by atoms with Crippen molar-refractivity contribution in [1.29, 1.82) is 0 Å². The summed E-state index contributed by atoms with van der Waals surface area (Å²) in [5.74, 6) is 1.06. The van der Waals surface area contributed by atoms with E-state index in [0.29, 0.717) is 11.5 Å². The molecular formula is C50H86O2. The van der Waals surface area contributed by atoms with Crippen LogP contribution in [-0.2, 0) is 25.7 Å². The molecule has 0 bridgehead atoms. The number of hydrogen-bond donors (Lipinski definition) is 2. The van der Waals surface area contributed by atoms with Crippen LogP contribution in [0.15, 0.2) is 24.3 Å². The van der Waals surface area contributed by atoms with Gasteiger partial charge >= 0.3 is 0 Å². The van der Waals surface area contributed by atoms with Crippen LogP contribution in [0.4, 0.5) is 0 Å². The highest BCUT2D eigenvalue weighted by Gasteiger charge is 2.15. The average molecular weight is 719 g/mol. The minimum atomic E-state index is 0.511. The quantitative estimate of drug-likeness (QED) is 0.0697. The van der Waals surface area contributed by atoms with Gasteiger partial charge in [0, 0.05) is 0 Å². The fraction of sp³-hybridized carbons (Fsp3) is 0.760. The van der Waals surface area contributed by atoms with E-state index in [1.54, 1.807) is 0 Å². The molecule has 0 amide bonds. The van der Waals surface area contributed by atoms with Gasteiger partial charge in [0.15, 0.2) is 0 Å². The Morgan fingerprint density at radius 1 is 0.288 bits per heavy atom. The number of rotatable bonds is 35. The third-order valence-corrected chi connectivity index (χ3v) is 11.6. The van der Waals surface area contributed by atoms with Gasteiger partial charge in [0.25, 0.3) is 0 Å². The van der Waals surface area contributed by atoms with Crippen LogP contribution >= 0.6 is 0 Å². The zero-order chi connectivity index (χ0) is 37.5. The Hall–Kier alpha value is -1.96. The normalized spacial score (nSPS) is 11.5. The van der Waals surface area contributed by atoms with Gasteiger partial charge in [-0.3, -0.25) is 0 Å². The number of phenols is 2. The zero-order valence-corrected chi connectivity index (χ0v) is 35.2. The summed E-state index contributed by atoms with van der Waals surface area (Å²) in [7, 11) is 0. The molecule has 0 aliphatic carbocycles. The van der Waals surface area contributed by atoms with E-state index in [2.05, 4.69) is 52.0 Å². The van der Waals surface area contributed by atoms with Crippen molar-refractivity contribution < 1.29 is 10.2 Å². The molecule has 0 unspecified atom stereocenters. The molecule has 2 aromatic carbocycles. The van der Waals surface area contributed by atoms with Gasteiger partial charge in [-0.2, -0.15) is 0 Å². The zero-order valence-electron chi connectivity index (χ0n) is 35.2. The topological polar surface area (TPSA) is 40.5 Å². The lowest BCUT2D eigenvalue weighted by Gasteiger charge is -2.17. The van der Waals surface area contributed by atoms with E-state index in [1.807, 2.05) is 0 Å². The number of hydrogen-bond acceptors (Lipinski definition) is 2. The average Bonchev–Trinajstić information content (AvgIpc) is 3.15. The molecular weight excluding hydrogens is 633 g/mol. The van der Waals surface area contributed by atoms with Crippen molar-refractivity contribution in [3.05, 3.63) is 46.5 Å². The smallest absolute Gasteiger partial charge is 0.121 e. The van der Waals surface area contributed by atoms with Gasteiger partial charge in [-0.15, -0.1) is 0 Å². The lowest BCUT2D eigenvalue weighted by atomic mass is 9.90. The largest absolute Gasteiger partial charge is 0.507 e. The second kappa shape index (κ2) is 31.4. The fourth-order valence-electron chi connectivity index (χ4n) is 8.10. The van der Waals surface area contributed by atoms with Crippen molar-refractivity contribution in [2.75, 3.05) is 0 Å². The van der Waals surface area contributed by atoms with Gasteiger partial charge in [0.1, 0.15) is 11.5 Å². The first-order valence-corrected chi connectivity index (χ1v) is 23.2. The molecule has 0 aromatic heterocycles. The monoisotopic (exact) mass is 719 g/mol. The molecule has 0 saturated heterocycles. The molecule has 0 fully saturated rings. The van der Waals surface area contributed by atoms with Crippen molar-refractivity contribution in [3.8, 4) is 22.6 Å². The summed E-state index contributed by atoms with van der Waals surface area (Å²) in [6, 6.07) is 9.05. The fourth-order valence-corrected chi connectivity index (χ4v) is 8.10. The summed E-state index contributed by atoms with van der Waals surface area (Å²) in [5.41, 5.74) is 6.85. The minimum Gasteiger partial charge on any atom is -0.507 e.